The number of rotatable bonds is 8. The Kier molecular flexibility index (Phi) is 9.00. The van der Waals surface area contributed by atoms with E-state index in [0.717, 1.165) is 16.9 Å². The summed E-state index contributed by atoms with van der Waals surface area (Å²) in [5, 5.41) is 6.56. The Hall–Kier alpha value is -2.03. The van der Waals surface area contributed by atoms with Crippen molar-refractivity contribution in [2.24, 2.45) is 10.9 Å². The minimum atomic E-state index is -0.328. The molecule has 0 bridgehead atoms. The van der Waals surface area contributed by atoms with E-state index < -0.39 is 0 Å². The van der Waals surface area contributed by atoms with Crippen LogP contribution in [0.15, 0.2) is 47.5 Å². The zero-order valence-electron chi connectivity index (χ0n) is 17.1. The van der Waals surface area contributed by atoms with Gasteiger partial charge in [0.15, 0.2) is 17.5 Å². The number of benzene rings is 2. The molecule has 1 fully saturated rings. The first-order valence-corrected chi connectivity index (χ1v) is 9.61. The third-order valence-electron chi connectivity index (χ3n) is 4.80. The maximum absolute atomic E-state index is 14.3. The van der Waals surface area contributed by atoms with Crippen molar-refractivity contribution in [3.8, 4) is 11.5 Å². The molecule has 0 heterocycles. The molecule has 3 rings (SSSR count). The fraction of sp³-hybridized carbons (Fsp3) is 0.409. The van der Waals surface area contributed by atoms with E-state index in [2.05, 4.69) is 15.6 Å². The van der Waals surface area contributed by atoms with Crippen molar-refractivity contribution in [2.75, 3.05) is 20.8 Å². The molecule has 5 nitrogen and oxygen atoms in total. The van der Waals surface area contributed by atoms with Crippen LogP contribution < -0.4 is 20.1 Å². The van der Waals surface area contributed by atoms with Crippen molar-refractivity contribution in [3.63, 3.8) is 0 Å². The number of nitrogens with zero attached hydrogens (tertiary/aromatic N) is 1. The number of aliphatic imine (C=N–C) groups is 1. The van der Waals surface area contributed by atoms with Gasteiger partial charge in [0.05, 0.1) is 19.8 Å². The summed E-state index contributed by atoms with van der Waals surface area (Å²) in [4.78, 5) is 4.25. The first kappa shape index (κ1) is 23.3. The lowest BCUT2D eigenvalue weighted by Gasteiger charge is -2.19. The van der Waals surface area contributed by atoms with Crippen LogP contribution in [-0.4, -0.2) is 26.7 Å². The second-order valence-electron chi connectivity index (χ2n) is 7.09. The van der Waals surface area contributed by atoms with Crippen molar-refractivity contribution >= 4 is 29.9 Å². The van der Waals surface area contributed by atoms with Crippen LogP contribution in [0, 0.1) is 11.7 Å². The molecular weight excluding hydrogens is 484 g/mol. The Labute approximate surface area is 189 Å². The number of halogens is 2. The average molecular weight is 513 g/mol. The van der Waals surface area contributed by atoms with Gasteiger partial charge >= 0.3 is 0 Å². The van der Waals surface area contributed by atoms with Crippen LogP contribution in [0.4, 0.5) is 4.39 Å². The number of ether oxygens (including phenoxy) is 2. The zero-order valence-corrected chi connectivity index (χ0v) is 19.4. The molecular formula is C22H29FIN3O2. The largest absolute Gasteiger partial charge is 0.497 e. The van der Waals surface area contributed by atoms with Gasteiger partial charge in [0, 0.05) is 13.6 Å². The normalized spacial score (nSPS) is 14.6. The lowest BCUT2D eigenvalue weighted by Crippen LogP contribution is -2.38. The van der Waals surface area contributed by atoms with Crippen LogP contribution in [0.25, 0.3) is 0 Å². The van der Waals surface area contributed by atoms with E-state index in [1.165, 1.54) is 18.9 Å². The first-order chi connectivity index (χ1) is 13.6. The van der Waals surface area contributed by atoms with Crippen molar-refractivity contribution in [3.05, 3.63) is 59.4 Å². The molecule has 2 aromatic rings. The van der Waals surface area contributed by atoms with Gasteiger partial charge in [-0.25, -0.2) is 4.39 Å². The van der Waals surface area contributed by atoms with E-state index in [1.807, 2.05) is 37.3 Å². The van der Waals surface area contributed by atoms with Gasteiger partial charge in [0.2, 0.25) is 0 Å². The molecule has 1 aliphatic carbocycles. The van der Waals surface area contributed by atoms with Crippen LogP contribution in [0.5, 0.6) is 11.5 Å². The van der Waals surface area contributed by atoms with Crippen molar-refractivity contribution in [2.45, 2.75) is 32.4 Å². The molecule has 0 radical (unpaired) electrons. The van der Waals surface area contributed by atoms with E-state index in [-0.39, 0.29) is 35.8 Å². The zero-order chi connectivity index (χ0) is 19.9. The Bertz CT molecular complexity index is 827. The van der Waals surface area contributed by atoms with Crippen molar-refractivity contribution < 1.29 is 13.9 Å². The molecule has 1 saturated carbocycles. The average Bonchev–Trinajstić information content (AvgIpc) is 3.54. The Balaban J connectivity index is 0.00000300. The molecule has 29 heavy (non-hydrogen) atoms. The van der Waals surface area contributed by atoms with E-state index in [9.17, 15) is 4.39 Å². The molecule has 1 aliphatic rings. The second-order valence-corrected chi connectivity index (χ2v) is 7.09. The van der Waals surface area contributed by atoms with Gasteiger partial charge < -0.3 is 20.1 Å². The van der Waals surface area contributed by atoms with Gasteiger partial charge in [-0.15, -0.1) is 24.0 Å². The second kappa shape index (κ2) is 11.2. The number of hydrogen-bond donors (Lipinski definition) is 2. The summed E-state index contributed by atoms with van der Waals surface area (Å²) < 4.78 is 25.1. The summed E-state index contributed by atoms with van der Waals surface area (Å²) in [6.07, 6.45) is 2.37. The predicted octanol–water partition coefficient (Wildman–Crippen LogP) is 4.67. The van der Waals surface area contributed by atoms with E-state index in [1.54, 1.807) is 20.2 Å². The summed E-state index contributed by atoms with van der Waals surface area (Å²) in [7, 11) is 3.36. The lowest BCUT2D eigenvalue weighted by molar-refractivity contribution is 0.285. The molecule has 1 atom stereocenters. The standard InChI is InChI=1S/C22H28FN3O2.HI/c1-15(18-9-10-21(20(23)12-18)28-14-16-7-8-16)26-22(24-2)25-13-17-5-4-6-19(11-17)27-3;/h4-6,9-12,15-16H,7-8,13-14H2,1-3H3,(H2,24,25,26);1H. The van der Waals surface area contributed by atoms with E-state index >= 15 is 0 Å². The fourth-order valence-electron chi connectivity index (χ4n) is 2.85. The van der Waals surface area contributed by atoms with Gasteiger partial charge in [-0.1, -0.05) is 18.2 Å². The maximum Gasteiger partial charge on any atom is 0.191 e. The first-order valence-electron chi connectivity index (χ1n) is 9.61. The third kappa shape index (κ3) is 7.06. The molecule has 1 unspecified atom stereocenters. The molecule has 0 saturated heterocycles. The topological polar surface area (TPSA) is 54.9 Å². The smallest absolute Gasteiger partial charge is 0.191 e. The molecule has 0 amide bonds. The third-order valence-corrected chi connectivity index (χ3v) is 4.80. The summed E-state index contributed by atoms with van der Waals surface area (Å²) in [6, 6.07) is 12.9. The summed E-state index contributed by atoms with van der Waals surface area (Å²) in [6.45, 7) is 3.18. The van der Waals surface area contributed by atoms with Gasteiger partial charge in [-0.3, -0.25) is 4.99 Å². The Morgan fingerprint density at radius 2 is 2.03 bits per heavy atom. The maximum atomic E-state index is 14.3. The Morgan fingerprint density at radius 1 is 1.24 bits per heavy atom. The van der Waals surface area contributed by atoms with Crippen LogP contribution in [-0.2, 0) is 6.54 Å². The quantitative estimate of drug-likeness (QED) is 0.306. The summed E-state index contributed by atoms with van der Waals surface area (Å²) in [5.41, 5.74) is 1.92. The van der Waals surface area contributed by atoms with E-state index in [0.29, 0.717) is 30.8 Å². The SMILES string of the molecule is CN=C(NCc1cccc(OC)c1)NC(C)c1ccc(OCC2CC2)c(F)c1.I. The monoisotopic (exact) mass is 513 g/mol. The molecule has 2 N–H and O–H groups in total. The number of guanidine groups is 1. The molecule has 7 heteroatoms. The highest BCUT2D eigenvalue weighted by Gasteiger charge is 2.22. The van der Waals surface area contributed by atoms with Gasteiger partial charge in [-0.2, -0.15) is 0 Å². The summed E-state index contributed by atoms with van der Waals surface area (Å²) >= 11 is 0. The van der Waals surface area contributed by atoms with E-state index in [4.69, 9.17) is 9.47 Å². The van der Waals surface area contributed by atoms with Crippen LogP contribution in [0.1, 0.15) is 36.9 Å². The molecule has 158 valence electrons. The lowest BCUT2D eigenvalue weighted by atomic mass is 10.1. The minimum absolute atomic E-state index is 0. The van der Waals surface area contributed by atoms with Crippen LogP contribution in [0.2, 0.25) is 0 Å². The number of nitrogens with one attached hydrogen (secondary N) is 2. The van der Waals surface area contributed by atoms with Crippen LogP contribution >= 0.6 is 24.0 Å². The van der Waals surface area contributed by atoms with Gasteiger partial charge in [-0.05, 0) is 61.1 Å². The highest BCUT2D eigenvalue weighted by Crippen LogP contribution is 2.30. The summed E-state index contributed by atoms with van der Waals surface area (Å²) in [5.74, 6) is 2.05. The van der Waals surface area contributed by atoms with Crippen molar-refractivity contribution in [1.82, 2.24) is 10.6 Å². The van der Waals surface area contributed by atoms with Gasteiger partial charge in [0.1, 0.15) is 5.75 Å². The highest BCUT2D eigenvalue weighted by atomic mass is 127. The molecule has 0 aliphatic heterocycles. The molecule has 2 aromatic carbocycles. The Morgan fingerprint density at radius 3 is 2.69 bits per heavy atom. The number of methoxy groups -OCH3 is 1. The fourth-order valence-corrected chi connectivity index (χ4v) is 2.85. The minimum Gasteiger partial charge on any atom is -0.497 e. The highest BCUT2D eigenvalue weighted by molar-refractivity contribution is 14.0. The van der Waals surface area contributed by atoms with Crippen molar-refractivity contribution in [1.29, 1.82) is 0 Å². The molecule has 0 spiro atoms. The molecule has 0 aromatic heterocycles. The predicted molar refractivity (Wildman–Crippen MR) is 125 cm³/mol. The van der Waals surface area contributed by atoms with Crippen LogP contribution in [0.3, 0.4) is 0 Å². The van der Waals surface area contributed by atoms with Gasteiger partial charge in [0.25, 0.3) is 0 Å². The number of hydrogen-bond acceptors (Lipinski definition) is 3.